The van der Waals surface area contributed by atoms with Gasteiger partial charge in [0.25, 0.3) is 0 Å². The van der Waals surface area contributed by atoms with Crippen LogP contribution in [0.1, 0.15) is 40.5 Å². The van der Waals surface area contributed by atoms with Crippen LogP contribution in [0.2, 0.25) is 0 Å². The highest BCUT2D eigenvalue weighted by atomic mass is 31.2. The Kier molecular flexibility index (Phi) is 6.13. The van der Waals surface area contributed by atoms with Crippen LogP contribution in [0.25, 0.3) is 0 Å². The Morgan fingerprint density at radius 3 is 2.39 bits per heavy atom. The number of hydrogen-bond acceptors (Lipinski definition) is 4. The second kappa shape index (κ2) is 7.13. The van der Waals surface area contributed by atoms with E-state index in [0.717, 1.165) is 24.0 Å². The normalized spacial score (nSPS) is 16.6. The Morgan fingerprint density at radius 2 is 1.89 bits per heavy atom. The minimum absolute atomic E-state index is 0.394. The molecule has 0 amide bonds. The SMILES string of the molecule is CCCN1C=CCC(P(=O)(OCC)OCC)=C1C. The largest absolute Gasteiger partial charge is 0.359 e. The summed E-state index contributed by atoms with van der Waals surface area (Å²) in [6.07, 6.45) is 5.75. The summed E-state index contributed by atoms with van der Waals surface area (Å²) in [6, 6.07) is 0. The smallest absolute Gasteiger partial charge is 0.351 e. The first-order valence-electron chi connectivity index (χ1n) is 6.61. The summed E-state index contributed by atoms with van der Waals surface area (Å²) in [7, 11) is -3.13. The minimum Gasteiger partial charge on any atom is -0.351 e. The fraction of sp³-hybridized carbons (Fsp3) is 0.692. The summed E-state index contributed by atoms with van der Waals surface area (Å²) in [5.74, 6) is 0. The Labute approximate surface area is 110 Å². The van der Waals surface area contributed by atoms with Crippen LogP contribution in [0.5, 0.6) is 0 Å². The van der Waals surface area contributed by atoms with Gasteiger partial charge in [-0.1, -0.05) is 13.0 Å². The molecule has 0 spiro atoms. The highest BCUT2D eigenvalue weighted by Gasteiger charge is 2.32. The van der Waals surface area contributed by atoms with Crippen LogP contribution in [-0.4, -0.2) is 24.7 Å². The van der Waals surface area contributed by atoms with Crippen LogP contribution < -0.4 is 0 Å². The monoisotopic (exact) mass is 273 g/mol. The van der Waals surface area contributed by atoms with Crippen molar-refractivity contribution in [1.82, 2.24) is 4.90 Å². The Bertz CT molecular complexity index is 366. The van der Waals surface area contributed by atoms with Crippen molar-refractivity contribution < 1.29 is 13.6 Å². The summed E-state index contributed by atoms with van der Waals surface area (Å²) in [6.45, 7) is 9.49. The van der Waals surface area contributed by atoms with E-state index in [0.29, 0.717) is 19.6 Å². The highest BCUT2D eigenvalue weighted by Crippen LogP contribution is 2.59. The van der Waals surface area contributed by atoms with E-state index in [1.54, 1.807) is 0 Å². The zero-order chi connectivity index (χ0) is 13.6. The van der Waals surface area contributed by atoms with Gasteiger partial charge in [-0.15, -0.1) is 0 Å². The lowest BCUT2D eigenvalue weighted by atomic mass is 10.2. The van der Waals surface area contributed by atoms with Gasteiger partial charge in [0.15, 0.2) is 0 Å². The molecule has 5 heteroatoms. The van der Waals surface area contributed by atoms with E-state index >= 15 is 0 Å². The van der Waals surface area contributed by atoms with Crippen molar-refractivity contribution in [1.29, 1.82) is 0 Å². The van der Waals surface area contributed by atoms with Gasteiger partial charge in [0.1, 0.15) is 0 Å². The number of nitrogens with zero attached hydrogens (tertiary/aromatic N) is 1. The third-order valence-electron chi connectivity index (χ3n) is 2.84. The average Bonchev–Trinajstić information content (AvgIpc) is 2.32. The first-order chi connectivity index (χ1) is 8.59. The van der Waals surface area contributed by atoms with Crippen LogP contribution in [0.15, 0.2) is 23.3 Å². The molecule has 0 aromatic rings. The first-order valence-corrected chi connectivity index (χ1v) is 8.16. The lowest BCUT2D eigenvalue weighted by molar-refractivity contribution is 0.224. The van der Waals surface area contributed by atoms with Crippen LogP contribution in [0, 0.1) is 0 Å². The molecule has 0 aromatic carbocycles. The Morgan fingerprint density at radius 1 is 1.28 bits per heavy atom. The van der Waals surface area contributed by atoms with E-state index in [1.807, 2.05) is 33.0 Å². The third kappa shape index (κ3) is 3.47. The Hall–Kier alpha value is -0.570. The summed E-state index contributed by atoms with van der Waals surface area (Å²) >= 11 is 0. The molecule has 0 fully saturated rings. The average molecular weight is 273 g/mol. The van der Waals surface area contributed by atoms with Gasteiger partial charge >= 0.3 is 7.60 Å². The molecule has 0 saturated carbocycles. The van der Waals surface area contributed by atoms with E-state index in [4.69, 9.17) is 9.05 Å². The number of hydrogen-bond donors (Lipinski definition) is 0. The molecule has 104 valence electrons. The van der Waals surface area contributed by atoms with Crippen LogP contribution in [0.3, 0.4) is 0 Å². The van der Waals surface area contributed by atoms with E-state index in [-0.39, 0.29) is 0 Å². The van der Waals surface area contributed by atoms with Gasteiger partial charge in [0, 0.05) is 24.9 Å². The molecule has 0 aliphatic carbocycles. The molecule has 1 aliphatic rings. The molecule has 1 heterocycles. The van der Waals surface area contributed by atoms with Crippen molar-refractivity contribution in [3.8, 4) is 0 Å². The fourth-order valence-electron chi connectivity index (χ4n) is 2.04. The predicted octanol–water partition coefficient (Wildman–Crippen LogP) is 4.11. The van der Waals surface area contributed by atoms with Gasteiger partial charge in [-0.2, -0.15) is 0 Å². The molecule has 4 nitrogen and oxygen atoms in total. The second-order valence-electron chi connectivity index (χ2n) is 4.15. The van der Waals surface area contributed by atoms with Crippen molar-refractivity contribution >= 4 is 7.60 Å². The quantitative estimate of drug-likeness (QED) is 0.654. The molecule has 0 N–H and O–H groups in total. The molecular weight excluding hydrogens is 249 g/mol. The molecular formula is C13H24NO3P. The second-order valence-corrected chi connectivity index (χ2v) is 6.20. The molecule has 1 aliphatic heterocycles. The van der Waals surface area contributed by atoms with Crippen molar-refractivity contribution in [2.24, 2.45) is 0 Å². The maximum Gasteiger partial charge on any atom is 0.359 e. The van der Waals surface area contributed by atoms with E-state index in [9.17, 15) is 4.57 Å². The number of rotatable bonds is 7. The first kappa shape index (κ1) is 15.5. The molecule has 18 heavy (non-hydrogen) atoms. The maximum absolute atomic E-state index is 12.8. The molecule has 0 radical (unpaired) electrons. The van der Waals surface area contributed by atoms with Gasteiger partial charge in [-0.3, -0.25) is 4.57 Å². The van der Waals surface area contributed by atoms with Crippen LogP contribution in [-0.2, 0) is 13.6 Å². The van der Waals surface area contributed by atoms with E-state index < -0.39 is 7.60 Å². The molecule has 0 aromatic heterocycles. The standard InChI is InChI=1S/C13H24NO3P/c1-5-10-14-11-8-9-13(12(14)4)18(15,16-6-2)17-7-3/h8,11H,5-7,9-10H2,1-4H3. The van der Waals surface area contributed by atoms with Gasteiger partial charge < -0.3 is 13.9 Å². The molecule has 0 bridgehead atoms. The highest BCUT2D eigenvalue weighted by molar-refractivity contribution is 7.58. The lowest BCUT2D eigenvalue weighted by Crippen LogP contribution is -2.20. The molecule has 1 rings (SSSR count). The van der Waals surface area contributed by atoms with Crippen LogP contribution in [0.4, 0.5) is 0 Å². The van der Waals surface area contributed by atoms with Crippen LogP contribution >= 0.6 is 7.60 Å². The van der Waals surface area contributed by atoms with Crippen molar-refractivity contribution in [2.75, 3.05) is 19.8 Å². The lowest BCUT2D eigenvalue weighted by Gasteiger charge is -2.30. The number of allylic oxidation sites excluding steroid dienone is 3. The molecule has 0 atom stereocenters. The molecule has 0 unspecified atom stereocenters. The van der Waals surface area contributed by atoms with E-state index in [1.165, 1.54) is 0 Å². The molecule has 0 saturated heterocycles. The summed E-state index contributed by atoms with van der Waals surface area (Å²) in [5, 5.41) is 0.794. The van der Waals surface area contributed by atoms with Crippen molar-refractivity contribution in [3.63, 3.8) is 0 Å². The summed E-state index contributed by atoms with van der Waals surface area (Å²) in [5.41, 5.74) is 1.00. The third-order valence-corrected chi connectivity index (χ3v) is 5.20. The van der Waals surface area contributed by atoms with Gasteiger partial charge in [-0.05, 0) is 27.2 Å². The van der Waals surface area contributed by atoms with Crippen molar-refractivity contribution in [3.05, 3.63) is 23.3 Å². The van der Waals surface area contributed by atoms with Gasteiger partial charge in [0.2, 0.25) is 0 Å². The van der Waals surface area contributed by atoms with E-state index in [2.05, 4.69) is 11.8 Å². The predicted molar refractivity (Wildman–Crippen MR) is 74.3 cm³/mol. The Balaban J connectivity index is 3.03. The van der Waals surface area contributed by atoms with Gasteiger partial charge in [0.05, 0.1) is 18.5 Å². The zero-order valence-electron chi connectivity index (χ0n) is 11.8. The zero-order valence-corrected chi connectivity index (χ0v) is 12.7. The summed E-state index contributed by atoms with van der Waals surface area (Å²) < 4.78 is 23.6. The maximum atomic E-state index is 12.8. The fourth-order valence-corrected chi connectivity index (χ4v) is 3.96. The van der Waals surface area contributed by atoms with Gasteiger partial charge in [-0.25, -0.2) is 0 Å². The summed E-state index contributed by atoms with van der Waals surface area (Å²) in [4.78, 5) is 2.11. The topological polar surface area (TPSA) is 38.8 Å². The van der Waals surface area contributed by atoms with Crippen molar-refractivity contribution in [2.45, 2.75) is 40.5 Å². The minimum atomic E-state index is -3.13.